The fourth-order valence-corrected chi connectivity index (χ4v) is 2.29. The predicted octanol–water partition coefficient (Wildman–Crippen LogP) is 2.21. The van der Waals surface area contributed by atoms with Crippen molar-refractivity contribution in [3.05, 3.63) is 41.7 Å². The van der Waals surface area contributed by atoms with Gasteiger partial charge < -0.3 is 10.0 Å². The summed E-state index contributed by atoms with van der Waals surface area (Å²) >= 11 is 0. The number of carbonyl (C=O) groups excluding carboxylic acids is 1. The summed E-state index contributed by atoms with van der Waals surface area (Å²) in [5.74, 6) is -0.472. The number of piperidine rings is 1. The summed E-state index contributed by atoms with van der Waals surface area (Å²) in [7, 11) is 0. The van der Waals surface area contributed by atoms with Crippen LogP contribution >= 0.6 is 0 Å². The highest BCUT2D eigenvalue weighted by Crippen LogP contribution is 2.20. The molecule has 1 unspecified atom stereocenters. The van der Waals surface area contributed by atoms with E-state index in [1.54, 1.807) is 30.0 Å². The number of hydrogen-bond donors (Lipinski definition) is 1. The maximum absolute atomic E-state index is 13.0. The molecule has 0 aliphatic carbocycles. The zero-order valence-electron chi connectivity index (χ0n) is 11.0. The van der Waals surface area contributed by atoms with Crippen molar-refractivity contribution in [2.24, 2.45) is 0 Å². The Labute approximate surface area is 112 Å². The Morgan fingerprint density at radius 2 is 2.32 bits per heavy atom. The van der Waals surface area contributed by atoms with Crippen LogP contribution in [0.4, 0.5) is 4.39 Å². The summed E-state index contributed by atoms with van der Waals surface area (Å²) in [5, 5.41) is 9.95. The second-order valence-electron chi connectivity index (χ2n) is 5.25. The lowest BCUT2D eigenvalue weighted by molar-refractivity contribution is -0.132. The number of benzene rings is 1. The Balaban J connectivity index is 2.01. The summed E-state index contributed by atoms with van der Waals surface area (Å²) in [6, 6.07) is 6.07. The van der Waals surface area contributed by atoms with Gasteiger partial charge in [-0.15, -0.1) is 0 Å². The summed E-state index contributed by atoms with van der Waals surface area (Å²) in [4.78, 5) is 13.6. The van der Waals surface area contributed by atoms with Crippen LogP contribution in [0.2, 0.25) is 0 Å². The summed E-state index contributed by atoms with van der Waals surface area (Å²) < 4.78 is 13.0. The molecule has 1 fully saturated rings. The third-order valence-corrected chi connectivity index (χ3v) is 3.25. The predicted molar refractivity (Wildman–Crippen MR) is 71.9 cm³/mol. The highest BCUT2D eigenvalue weighted by molar-refractivity contribution is 5.91. The van der Waals surface area contributed by atoms with Gasteiger partial charge in [-0.2, -0.15) is 0 Å². The fraction of sp³-hybridized carbons (Fsp3) is 0.400. The van der Waals surface area contributed by atoms with Crippen molar-refractivity contribution in [1.82, 2.24) is 4.90 Å². The summed E-state index contributed by atoms with van der Waals surface area (Å²) in [6.07, 6.45) is 4.53. The van der Waals surface area contributed by atoms with Crippen LogP contribution < -0.4 is 0 Å². The van der Waals surface area contributed by atoms with Gasteiger partial charge in [-0.1, -0.05) is 12.1 Å². The van der Waals surface area contributed by atoms with E-state index in [-0.39, 0.29) is 11.7 Å². The van der Waals surface area contributed by atoms with Crippen LogP contribution in [0.25, 0.3) is 6.08 Å². The van der Waals surface area contributed by atoms with Crippen LogP contribution in [0, 0.1) is 5.82 Å². The second kappa shape index (κ2) is 5.53. The van der Waals surface area contributed by atoms with Gasteiger partial charge in [-0.3, -0.25) is 4.79 Å². The van der Waals surface area contributed by atoms with Crippen LogP contribution in [-0.4, -0.2) is 34.6 Å². The lowest BCUT2D eigenvalue weighted by atomic mass is 9.95. The molecule has 3 nitrogen and oxygen atoms in total. The molecule has 1 saturated heterocycles. The van der Waals surface area contributed by atoms with Crippen LogP contribution in [0.5, 0.6) is 0 Å². The molecule has 2 rings (SSSR count). The number of carbonyl (C=O) groups is 1. The van der Waals surface area contributed by atoms with Gasteiger partial charge in [0.1, 0.15) is 5.82 Å². The first-order valence-corrected chi connectivity index (χ1v) is 6.41. The molecule has 102 valence electrons. The number of β-amino-alcohol motifs (C(OH)–C–C–N with tert-alkyl or cyclic N) is 1. The zero-order valence-corrected chi connectivity index (χ0v) is 11.0. The Hall–Kier alpha value is -1.68. The molecule has 1 aromatic carbocycles. The fourth-order valence-electron chi connectivity index (χ4n) is 2.29. The van der Waals surface area contributed by atoms with Gasteiger partial charge in [0.05, 0.1) is 5.60 Å². The van der Waals surface area contributed by atoms with E-state index in [9.17, 15) is 14.3 Å². The molecule has 1 heterocycles. The molecule has 1 atom stereocenters. The highest BCUT2D eigenvalue weighted by Gasteiger charge is 2.29. The van der Waals surface area contributed by atoms with E-state index in [4.69, 9.17) is 0 Å². The highest BCUT2D eigenvalue weighted by atomic mass is 19.1. The molecule has 1 aromatic rings. The third-order valence-electron chi connectivity index (χ3n) is 3.25. The lowest BCUT2D eigenvalue weighted by Crippen LogP contribution is -2.48. The van der Waals surface area contributed by atoms with Gasteiger partial charge in [0.25, 0.3) is 0 Å². The number of rotatable bonds is 2. The van der Waals surface area contributed by atoms with E-state index in [1.807, 2.05) is 0 Å². The van der Waals surface area contributed by atoms with E-state index >= 15 is 0 Å². The van der Waals surface area contributed by atoms with E-state index < -0.39 is 5.60 Å². The molecular weight excluding hydrogens is 245 g/mol. The molecule has 0 aromatic heterocycles. The number of amides is 1. The minimum atomic E-state index is -0.805. The van der Waals surface area contributed by atoms with Crippen molar-refractivity contribution in [2.75, 3.05) is 13.1 Å². The SMILES string of the molecule is CC1(O)CCCN(C(=O)/C=C/c2cccc(F)c2)C1. The second-order valence-corrected chi connectivity index (χ2v) is 5.25. The van der Waals surface area contributed by atoms with Gasteiger partial charge in [0, 0.05) is 19.2 Å². The van der Waals surface area contributed by atoms with Crippen molar-refractivity contribution in [2.45, 2.75) is 25.4 Å². The minimum absolute atomic E-state index is 0.149. The zero-order chi connectivity index (χ0) is 13.9. The average molecular weight is 263 g/mol. The standard InChI is InChI=1S/C15H18FNO2/c1-15(19)8-3-9-17(11-15)14(18)7-6-12-4-2-5-13(16)10-12/h2,4-7,10,19H,3,8-9,11H2,1H3/b7-6+. The number of halogens is 1. The number of nitrogens with zero attached hydrogens (tertiary/aromatic N) is 1. The molecule has 0 radical (unpaired) electrons. The van der Waals surface area contributed by atoms with Gasteiger partial charge in [-0.05, 0) is 43.5 Å². The summed E-state index contributed by atoms with van der Waals surface area (Å²) in [6.45, 7) is 2.74. The van der Waals surface area contributed by atoms with Gasteiger partial charge in [-0.25, -0.2) is 4.39 Å². The monoisotopic (exact) mass is 263 g/mol. The van der Waals surface area contributed by atoms with Crippen LogP contribution in [0.1, 0.15) is 25.3 Å². The van der Waals surface area contributed by atoms with Gasteiger partial charge >= 0.3 is 0 Å². The molecule has 0 bridgehead atoms. The Morgan fingerprint density at radius 1 is 1.53 bits per heavy atom. The molecule has 1 aliphatic rings. The Morgan fingerprint density at radius 3 is 3.00 bits per heavy atom. The van der Waals surface area contributed by atoms with Crippen LogP contribution in [-0.2, 0) is 4.79 Å². The Bertz CT molecular complexity index is 497. The van der Waals surface area contributed by atoms with Crippen LogP contribution in [0.15, 0.2) is 30.3 Å². The molecule has 1 aliphatic heterocycles. The third kappa shape index (κ3) is 3.89. The number of likely N-dealkylation sites (tertiary alicyclic amines) is 1. The normalized spacial score (nSPS) is 23.8. The molecule has 19 heavy (non-hydrogen) atoms. The van der Waals surface area contributed by atoms with E-state index in [2.05, 4.69) is 0 Å². The van der Waals surface area contributed by atoms with E-state index in [0.29, 0.717) is 25.1 Å². The largest absolute Gasteiger partial charge is 0.388 e. The number of aliphatic hydroxyl groups is 1. The topological polar surface area (TPSA) is 40.5 Å². The number of hydrogen-bond acceptors (Lipinski definition) is 2. The Kier molecular flexibility index (Phi) is 4.00. The van der Waals surface area contributed by atoms with E-state index in [0.717, 1.165) is 6.42 Å². The van der Waals surface area contributed by atoms with Crippen LogP contribution in [0.3, 0.4) is 0 Å². The molecular formula is C15H18FNO2. The van der Waals surface area contributed by atoms with Crippen molar-refractivity contribution < 1.29 is 14.3 Å². The molecule has 1 amide bonds. The smallest absolute Gasteiger partial charge is 0.246 e. The molecule has 0 spiro atoms. The van der Waals surface area contributed by atoms with Crippen molar-refractivity contribution in [1.29, 1.82) is 0 Å². The maximum atomic E-state index is 13.0. The van der Waals surface area contributed by atoms with Crippen molar-refractivity contribution in [3.63, 3.8) is 0 Å². The summed E-state index contributed by atoms with van der Waals surface area (Å²) in [5.41, 5.74) is -0.155. The minimum Gasteiger partial charge on any atom is -0.388 e. The molecule has 1 N–H and O–H groups in total. The first-order chi connectivity index (χ1) is 8.96. The van der Waals surface area contributed by atoms with Crippen molar-refractivity contribution >= 4 is 12.0 Å². The van der Waals surface area contributed by atoms with Crippen molar-refractivity contribution in [3.8, 4) is 0 Å². The first kappa shape index (κ1) is 13.7. The molecule has 0 saturated carbocycles. The van der Waals surface area contributed by atoms with Gasteiger partial charge in [0.2, 0.25) is 5.91 Å². The maximum Gasteiger partial charge on any atom is 0.246 e. The lowest BCUT2D eigenvalue weighted by Gasteiger charge is -2.36. The molecule has 4 heteroatoms. The van der Waals surface area contributed by atoms with E-state index in [1.165, 1.54) is 18.2 Å². The first-order valence-electron chi connectivity index (χ1n) is 6.41. The quantitative estimate of drug-likeness (QED) is 0.831. The average Bonchev–Trinajstić information content (AvgIpc) is 2.35. The van der Waals surface area contributed by atoms with Gasteiger partial charge in [0.15, 0.2) is 0 Å².